The Morgan fingerprint density at radius 2 is 2.00 bits per heavy atom. The maximum absolute atomic E-state index is 12.8. The van der Waals surface area contributed by atoms with E-state index in [2.05, 4.69) is 10.2 Å². The fourth-order valence-corrected chi connectivity index (χ4v) is 6.12. The lowest BCUT2D eigenvalue weighted by Gasteiger charge is -2.16. The van der Waals surface area contributed by atoms with Crippen molar-refractivity contribution in [3.8, 4) is 11.5 Å². The van der Waals surface area contributed by atoms with Gasteiger partial charge in [0.15, 0.2) is 15.6 Å². The van der Waals surface area contributed by atoms with E-state index in [4.69, 9.17) is 4.42 Å². The predicted molar refractivity (Wildman–Crippen MR) is 111 cm³/mol. The molecule has 1 unspecified atom stereocenters. The monoisotopic (exact) mass is 431 g/mol. The molecule has 2 aromatic heterocycles. The van der Waals surface area contributed by atoms with Crippen molar-refractivity contribution in [1.82, 2.24) is 14.8 Å². The first-order valence-electron chi connectivity index (χ1n) is 9.28. The van der Waals surface area contributed by atoms with Gasteiger partial charge in [-0.3, -0.25) is 4.79 Å². The quantitative estimate of drug-likeness (QED) is 0.435. The summed E-state index contributed by atoms with van der Waals surface area (Å²) < 4.78 is 31.3. The molecule has 1 saturated heterocycles. The van der Waals surface area contributed by atoms with Crippen molar-refractivity contribution in [3.63, 3.8) is 0 Å². The van der Waals surface area contributed by atoms with E-state index >= 15 is 0 Å². The van der Waals surface area contributed by atoms with Gasteiger partial charge in [-0.2, -0.15) is 0 Å². The molecule has 0 spiro atoms. The van der Waals surface area contributed by atoms with Crippen LogP contribution >= 0.6 is 11.8 Å². The van der Waals surface area contributed by atoms with Crippen LogP contribution in [0, 0.1) is 13.8 Å². The number of hydrogen-bond donors (Lipinski definition) is 0. The van der Waals surface area contributed by atoms with Crippen molar-refractivity contribution in [2.75, 3.05) is 17.3 Å². The van der Waals surface area contributed by atoms with Gasteiger partial charge in [-0.05, 0) is 38.5 Å². The van der Waals surface area contributed by atoms with E-state index in [0.29, 0.717) is 23.1 Å². The molecule has 1 aliphatic heterocycles. The molecule has 7 nitrogen and oxygen atoms in total. The Hall–Kier alpha value is -2.39. The average Bonchev–Trinajstić information content (AvgIpc) is 3.38. The summed E-state index contributed by atoms with van der Waals surface area (Å²) in [6.07, 6.45) is 0.589. The summed E-state index contributed by atoms with van der Waals surface area (Å²) in [6.45, 7) is 3.78. The first-order valence-corrected chi connectivity index (χ1v) is 12.1. The molecule has 1 fully saturated rings. The number of carbonyl (C=O) groups is 1. The molecule has 0 N–H and O–H groups in total. The summed E-state index contributed by atoms with van der Waals surface area (Å²) in [5.74, 6) is 0.880. The SMILES string of the molecule is Cc1cc(C(=O)CSc2nnc(-c3ccccc3)o2)c(C)n1C1CCS(=O)(=O)C1. The number of aryl methyl sites for hydroxylation is 1. The van der Waals surface area contributed by atoms with Crippen LogP contribution in [-0.4, -0.2) is 46.2 Å². The predicted octanol–water partition coefficient (Wildman–Crippen LogP) is 3.49. The minimum atomic E-state index is -2.99. The first kappa shape index (κ1) is 19.9. The molecule has 1 aromatic carbocycles. The van der Waals surface area contributed by atoms with Crippen molar-refractivity contribution in [2.45, 2.75) is 31.5 Å². The third kappa shape index (κ3) is 4.16. The molecule has 1 atom stereocenters. The Morgan fingerprint density at radius 1 is 1.24 bits per heavy atom. The van der Waals surface area contributed by atoms with Crippen LogP contribution < -0.4 is 0 Å². The molecule has 1 aliphatic rings. The van der Waals surface area contributed by atoms with E-state index in [0.717, 1.165) is 17.0 Å². The van der Waals surface area contributed by atoms with Crippen LogP contribution in [0.2, 0.25) is 0 Å². The summed E-state index contributed by atoms with van der Waals surface area (Å²) >= 11 is 1.20. The van der Waals surface area contributed by atoms with E-state index in [-0.39, 0.29) is 29.1 Å². The van der Waals surface area contributed by atoms with Crippen molar-refractivity contribution < 1.29 is 17.6 Å². The molecule has 0 bridgehead atoms. The highest BCUT2D eigenvalue weighted by molar-refractivity contribution is 7.99. The maximum atomic E-state index is 12.8. The maximum Gasteiger partial charge on any atom is 0.277 e. The molecule has 152 valence electrons. The van der Waals surface area contributed by atoms with Gasteiger partial charge in [0.2, 0.25) is 5.89 Å². The van der Waals surface area contributed by atoms with Gasteiger partial charge in [-0.25, -0.2) is 8.42 Å². The van der Waals surface area contributed by atoms with Crippen LogP contribution in [0.25, 0.3) is 11.5 Å². The molecular weight excluding hydrogens is 410 g/mol. The zero-order valence-electron chi connectivity index (χ0n) is 16.2. The minimum absolute atomic E-state index is 0.0466. The lowest BCUT2D eigenvalue weighted by molar-refractivity contribution is 0.102. The number of sulfone groups is 1. The van der Waals surface area contributed by atoms with E-state index in [1.807, 2.05) is 54.8 Å². The van der Waals surface area contributed by atoms with Crippen molar-refractivity contribution in [1.29, 1.82) is 0 Å². The molecule has 4 rings (SSSR count). The number of hydrogen-bond acceptors (Lipinski definition) is 7. The number of aromatic nitrogens is 3. The molecule has 0 saturated carbocycles. The smallest absolute Gasteiger partial charge is 0.277 e. The Morgan fingerprint density at radius 3 is 2.69 bits per heavy atom. The number of thioether (sulfide) groups is 1. The molecule has 3 heterocycles. The van der Waals surface area contributed by atoms with Gasteiger partial charge in [0.1, 0.15) is 0 Å². The second-order valence-electron chi connectivity index (χ2n) is 7.16. The Labute approximate surface area is 173 Å². The average molecular weight is 432 g/mol. The van der Waals surface area contributed by atoms with E-state index < -0.39 is 9.84 Å². The van der Waals surface area contributed by atoms with Gasteiger partial charge < -0.3 is 8.98 Å². The third-order valence-corrected chi connectivity index (χ3v) is 7.68. The normalized spacial score (nSPS) is 18.2. The fraction of sp³-hybridized carbons (Fsp3) is 0.350. The van der Waals surface area contributed by atoms with Crippen molar-refractivity contribution in [3.05, 3.63) is 53.3 Å². The number of carbonyl (C=O) groups excluding carboxylic acids is 1. The Bertz CT molecular complexity index is 1150. The second-order valence-corrected chi connectivity index (χ2v) is 10.3. The highest BCUT2D eigenvalue weighted by Crippen LogP contribution is 2.30. The fourth-order valence-electron chi connectivity index (χ4n) is 3.77. The summed E-state index contributed by atoms with van der Waals surface area (Å²) in [5, 5.41) is 8.37. The van der Waals surface area contributed by atoms with Crippen LogP contribution in [0.1, 0.15) is 34.2 Å². The second kappa shape index (κ2) is 7.79. The summed E-state index contributed by atoms with van der Waals surface area (Å²) in [7, 11) is -2.99. The molecule has 0 amide bonds. The van der Waals surface area contributed by atoms with Gasteiger partial charge in [0.05, 0.1) is 17.3 Å². The lowest BCUT2D eigenvalue weighted by Crippen LogP contribution is -2.14. The molecule has 9 heteroatoms. The van der Waals surface area contributed by atoms with Gasteiger partial charge in [-0.1, -0.05) is 30.0 Å². The van der Waals surface area contributed by atoms with Crippen LogP contribution in [0.4, 0.5) is 0 Å². The molecule has 3 aromatic rings. The summed E-state index contributed by atoms with van der Waals surface area (Å²) in [6, 6.07) is 11.2. The molecule has 29 heavy (non-hydrogen) atoms. The standard InChI is InChI=1S/C20H21N3O4S2/c1-13-10-17(14(2)23(13)16-8-9-29(25,26)12-16)18(24)11-28-20-22-21-19(27-20)15-6-4-3-5-7-15/h3-7,10,16H,8-9,11-12H2,1-2H3. The van der Waals surface area contributed by atoms with Crippen LogP contribution in [-0.2, 0) is 9.84 Å². The molecular formula is C20H21N3O4S2. The van der Waals surface area contributed by atoms with E-state index in [1.54, 1.807) is 0 Å². The van der Waals surface area contributed by atoms with Gasteiger partial charge >= 0.3 is 0 Å². The summed E-state index contributed by atoms with van der Waals surface area (Å²) in [5.41, 5.74) is 3.16. The minimum Gasteiger partial charge on any atom is -0.411 e. The number of ketones is 1. The third-order valence-electron chi connectivity index (χ3n) is 5.11. The van der Waals surface area contributed by atoms with Gasteiger partial charge in [-0.15, -0.1) is 10.2 Å². The van der Waals surface area contributed by atoms with Gasteiger partial charge in [0.25, 0.3) is 5.22 Å². The largest absolute Gasteiger partial charge is 0.411 e. The van der Waals surface area contributed by atoms with Crippen molar-refractivity contribution >= 4 is 27.4 Å². The molecule has 0 aliphatic carbocycles. The number of nitrogens with zero attached hydrogens (tertiary/aromatic N) is 3. The number of Topliss-reactive ketones (excluding diaryl/α,β-unsaturated/α-hetero) is 1. The Balaban J connectivity index is 1.46. The molecule has 0 radical (unpaired) electrons. The lowest BCUT2D eigenvalue weighted by atomic mass is 10.2. The highest BCUT2D eigenvalue weighted by atomic mass is 32.2. The first-order chi connectivity index (χ1) is 13.8. The number of rotatable bonds is 6. The summed E-state index contributed by atoms with van der Waals surface area (Å²) in [4.78, 5) is 12.8. The van der Waals surface area contributed by atoms with Crippen LogP contribution in [0.3, 0.4) is 0 Å². The number of benzene rings is 1. The Kier molecular flexibility index (Phi) is 5.35. The topological polar surface area (TPSA) is 95.1 Å². The van der Waals surface area contributed by atoms with Crippen LogP contribution in [0.15, 0.2) is 46.0 Å². The van der Waals surface area contributed by atoms with E-state index in [1.165, 1.54) is 11.8 Å². The van der Waals surface area contributed by atoms with Crippen molar-refractivity contribution in [2.24, 2.45) is 0 Å². The highest BCUT2D eigenvalue weighted by Gasteiger charge is 2.31. The van der Waals surface area contributed by atoms with Crippen LogP contribution in [0.5, 0.6) is 0 Å². The van der Waals surface area contributed by atoms with E-state index in [9.17, 15) is 13.2 Å². The van der Waals surface area contributed by atoms with Gasteiger partial charge in [0, 0.05) is 28.6 Å². The zero-order chi connectivity index (χ0) is 20.6. The zero-order valence-corrected chi connectivity index (χ0v) is 17.8.